The molecule has 8 heteroatoms. The van der Waals surface area contributed by atoms with Crippen molar-refractivity contribution < 1.29 is 19.0 Å². The molecule has 0 saturated carbocycles. The smallest absolute Gasteiger partial charge is 0.341 e. The molecule has 3 heterocycles. The van der Waals surface area contributed by atoms with Crippen molar-refractivity contribution in [3.05, 3.63) is 69.8 Å². The third-order valence-electron chi connectivity index (χ3n) is 6.15. The number of anilines is 1. The molecule has 0 unspecified atom stereocenters. The first kappa shape index (κ1) is 19.6. The van der Waals surface area contributed by atoms with E-state index in [1.54, 1.807) is 4.57 Å². The Kier molecular flexibility index (Phi) is 4.66. The number of carboxylic acids is 1. The third-order valence-corrected chi connectivity index (χ3v) is 6.15. The van der Waals surface area contributed by atoms with Crippen LogP contribution in [0.3, 0.4) is 0 Å². The van der Waals surface area contributed by atoms with E-state index in [1.807, 2.05) is 42.3 Å². The van der Waals surface area contributed by atoms with Gasteiger partial charge in [0.1, 0.15) is 17.9 Å². The molecular weight excluding hydrogens is 401 g/mol. The summed E-state index contributed by atoms with van der Waals surface area (Å²) in [5, 5.41) is 9.61. The van der Waals surface area contributed by atoms with Gasteiger partial charge in [0.25, 0.3) is 0 Å². The monoisotopic (exact) mass is 423 g/mol. The van der Waals surface area contributed by atoms with Crippen molar-refractivity contribution >= 4 is 22.6 Å². The summed E-state index contributed by atoms with van der Waals surface area (Å²) in [6.45, 7) is 3.05. The number of hydrogen-bond donors (Lipinski definition) is 1. The average Bonchev–Trinajstić information content (AvgIpc) is 2.77. The second-order valence-corrected chi connectivity index (χ2v) is 8.04. The number of benzene rings is 2. The maximum absolute atomic E-state index is 15.3. The summed E-state index contributed by atoms with van der Waals surface area (Å²) >= 11 is 0. The second kappa shape index (κ2) is 7.39. The molecule has 1 N–H and O–H groups in total. The van der Waals surface area contributed by atoms with E-state index in [-0.39, 0.29) is 23.6 Å². The molecule has 1 aromatic heterocycles. The van der Waals surface area contributed by atoms with E-state index in [1.165, 1.54) is 6.20 Å². The minimum Gasteiger partial charge on any atom is -0.487 e. The maximum atomic E-state index is 15.3. The standard InChI is InChI=1S/C23H22FN3O4/c1-25-7-9-26(10-8-25)20-17(24)11-15-19-22(20)31-13-18(14-5-3-2-4-6-14)27(19)12-16(21(15)28)23(29)30/h2-6,11-12,18H,7-10,13H2,1H3,(H,29,30)/t18-/m1/s1. The number of rotatable bonds is 3. The van der Waals surface area contributed by atoms with Crippen LogP contribution in [0.1, 0.15) is 22.0 Å². The summed E-state index contributed by atoms with van der Waals surface area (Å²) in [5.74, 6) is -1.60. The lowest BCUT2D eigenvalue weighted by molar-refractivity contribution is 0.0694. The molecular formula is C23H22FN3O4. The fourth-order valence-corrected chi connectivity index (χ4v) is 4.48. The second-order valence-electron chi connectivity index (χ2n) is 8.04. The molecule has 160 valence electrons. The molecule has 0 aliphatic carbocycles. The van der Waals surface area contributed by atoms with Gasteiger partial charge in [-0.3, -0.25) is 4.79 Å². The lowest BCUT2D eigenvalue weighted by Gasteiger charge is -2.37. The zero-order valence-electron chi connectivity index (χ0n) is 17.0. The van der Waals surface area contributed by atoms with Crippen molar-refractivity contribution in [3.8, 4) is 5.75 Å². The summed E-state index contributed by atoms with van der Waals surface area (Å²) in [7, 11) is 2.02. The van der Waals surface area contributed by atoms with Gasteiger partial charge in [-0.2, -0.15) is 0 Å². The fourth-order valence-electron chi connectivity index (χ4n) is 4.48. The summed E-state index contributed by atoms with van der Waals surface area (Å²) in [6, 6.07) is 10.4. The molecule has 2 aliphatic heterocycles. The van der Waals surface area contributed by atoms with Gasteiger partial charge in [-0.25, -0.2) is 9.18 Å². The van der Waals surface area contributed by atoms with Gasteiger partial charge in [-0.05, 0) is 18.7 Å². The topological polar surface area (TPSA) is 75.0 Å². The number of likely N-dealkylation sites (N-methyl/N-ethyl adjacent to an activating group) is 1. The summed E-state index contributed by atoms with van der Waals surface area (Å²) in [6.07, 6.45) is 1.36. The predicted molar refractivity (Wildman–Crippen MR) is 115 cm³/mol. The molecule has 3 aromatic rings. The van der Waals surface area contributed by atoms with Crippen LogP contribution in [0.5, 0.6) is 5.75 Å². The van der Waals surface area contributed by atoms with Gasteiger partial charge in [-0.1, -0.05) is 30.3 Å². The highest BCUT2D eigenvalue weighted by atomic mass is 19.1. The fraction of sp³-hybridized carbons (Fsp3) is 0.304. The average molecular weight is 423 g/mol. The van der Waals surface area contributed by atoms with Crippen LogP contribution in [0.25, 0.3) is 10.9 Å². The lowest BCUT2D eigenvalue weighted by atomic mass is 10.0. The van der Waals surface area contributed by atoms with E-state index in [0.29, 0.717) is 30.0 Å². The van der Waals surface area contributed by atoms with Crippen molar-refractivity contribution in [3.63, 3.8) is 0 Å². The Morgan fingerprint density at radius 2 is 1.87 bits per heavy atom. The van der Waals surface area contributed by atoms with Gasteiger partial charge >= 0.3 is 5.97 Å². The van der Waals surface area contributed by atoms with E-state index in [4.69, 9.17) is 4.74 Å². The largest absolute Gasteiger partial charge is 0.487 e. The van der Waals surface area contributed by atoms with Gasteiger partial charge in [0.15, 0.2) is 11.6 Å². The number of carboxylic acid groups (broad SMARTS) is 1. The predicted octanol–water partition coefficient (Wildman–Crippen LogP) is 2.57. The Hall–Kier alpha value is -3.39. The Labute approximate surface area is 177 Å². The lowest BCUT2D eigenvalue weighted by Crippen LogP contribution is -2.45. The van der Waals surface area contributed by atoms with Gasteiger partial charge < -0.3 is 24.2 Å². The van der Waals surface area contributed by atoms with Crippen molar-refractivity contribution in [2.24, 2.45) is 0 Å². The quantitative estimate of drug-likeness (QED) is 0.698. The maximum Gasteiger partial charge on any atom is 0.341 e. The molecule has 0 spiro atoms. The number of pyridine rings is 1. The molecule has 0 radical (unpaired) electrons. The first-order valence-electron chi connectivity index (χ1n) is 10.2. The summed E-state index contributed by atoms with van der Waals surface area (Å²) < 4.78 is 23.2. The minimum absolute atomic E-state index is 0.0194. The minimum atomic E-state index is -1.33. The van der Waals surface area contributed by atoms with E-state index >= 15 is 4.39 Å². The number of carbonyl (C=O) groups is 1. The van der Waals surface area contributed by atoms with Crippen molar-refractivity contribution in [1.29, 1.82) is 0 Å². The highest BCUT2D eigenvalue weighted by Gasteiger charge is 2.32. The molecule has 1 fully saturated rings. The molecule has 1 atom stereocenters. The number of hydrogen-bond acceptors (Lipinski definition) is 5. The molecule has 0 bridgehead atoms. The van der Waals surface area contributed by atoms with E-state index in [9.17, 15) is 14.7 Å². The Morgan fingerprint density at radius 1 is 1.16 bits per heavy atom. The van der Waals surface area contributed by atoms with Crippen molar-refractivity contribution in [1.82, 2.24) is 9.47 Å². The molecule has 0 amide bonds. The first-order valence-corrected chi connectivity index (χ1v) is 10.2. The molecule has 1 saturated heterocycles. The number of aromatic carboxylic acids is 1. The van der Waals surface area contributed by atoms with Crippen LogP contribution in [0.15, 0.2) is 47.4 Å². The number of nitrogens with zero attached hydrogens (tertiary/aromatic N) is 3. The van der Waals surface area contributed by atoms with Gasteiger partial charge in [-0.15, -0.1) is 0 Å². The Morgan fingerprint density at radius 3 is 2.55 bits per heavy atom. The van der Waals surface area contributed by atoms with Crippen LogP contribution in [-0.4, -0.2) is 60.4 Å². The Balaban J connectivity index is 1.79. The highest BCUT2D eigenvalue weighted by Crippen LogP contribution is 2.43. The van der Waals surface area contributed by atoms with E-state index in [2.05, 4.69) is 4.90 Å². The van der Waals surface area contributed by atoms with Crippen LogP contribution in [-0.2, 0) is 0 Å². The van der Waals surface area contributed by atoms with Crippen LogP contribution < -0.4 is 15.1 Å². The third kappa shape index (κ3) is 3.14. The number of aromatic nitrogens is 1. The normalized spacial score (nSPS) is 18.8. The zero-order chi connectivity index (χ0) is 21.7. The van der Waals surface area contributed by atoms with Crippen LogP contribution >= 0.6 is 0 Å². The van der Waals surface area contributed by atoms with Crippen molar-refractivity contribution in [2.75, 3.05) is 44.7 Å². The van der Waals surface area contributed by atoms with E-state index < -0.39 is 17.2 Å². The molecule has 7 nitrogen and oxygen atoms in total. The Bertz CT molecular complexity index is 1230. The number of ether oxygens (including phenoxy) is 1. The zero-order valence-corrected chi connectivity index (χ0v) is 17.0. The number of piperazine rings is 1. The van der Waals surface area contributed by atoms with Crippen LogP contribution in [0.4, 0.5) is 10.1 Å². The van der Waals surface area contributed by atoms with Gasteiger partial charge in [0.05, 0.1) is 16.9 Å². The van der Waals surface area contributed by atoms with Crippen molar-refractivity contribution in [2.45, 2.75) is 6.04 Å². The molecule has 2 aliphatic rings. The van der Waals surface area contributed by atoms with Crippen LogP contribution in [0, 0.1) is 5.82 Å². The van der Waals surface area contributed by atoms with Crippen LogP contribution in [0.2, 0.25) is 0 Å². The van der Waals surface area contributed by atoms with Gasteiger partial charge in [0.2, 0.25) is 5.43 Å². The molecule has 2 aromatic carbocycles. The molecule has 31 heavy (non-hydrogen) atoms. The summed E-state index contributed by atoms with van der Waals surface area (Å²) in [4.78, 5) is 28.8. The summed E-state index contributed by atoms with van der Waals surface area (Å²) in [5.41, 5.74) is 0.600. The first-order chi connectivity index (χ1) is 15.0. The highest BCUT2D eigenvalue weighted by molar-refractivity contribution is 5.97. The van der Waals surface area contributed by atoms with E-state index in [0.717, 1.165) is 24.7 Å². The van der Waals surface area contributed by atoms with Gasteiger partial charge in [0, 0.05) is 32.4 Å². The SMILES string of the molecule is CN1CCN(c2c(F)cc3c(=O)c(C(=O)O)cn4c3c2OC[C@@H]4c2ccccc2)CC1. The number of halogens is 1. The molecule has 5 rings (SSSR count).